The van der Waals surface area contributed by atoms with Crippen LogP contribution in [0.1, 0.15) is 50.3 Å². The SMILES string of the molecule is COC(OC)c1nc2c(cc1CO[Si](C)(C)C(C)(C)C)CCCN2. The number of anilines is 1. The van der Waals surface area contributed by atoms with Gasteiger partial charge in [-0.2, -0.15) is 0 Å². The van der Waals surface area contributed by atoms with Crippen molar-refractivity contribution in [3.05, 3.63) is 22.9 Å². The molecule has 0 unspecified atom stereocenters. The molecule has 0 spiro atoms. The zero-order chi connectivity index (χ0) is 18.0. The number of hydrogen-bond donors (Lipinski definition) is 1. The summed E-state index contributed by atoms with van der Waals surface area (Å²) in [6.45, 7) is 12.8. The van der Waals surface area contributed by atoms with Crippen LogP contribution in [0.25, 0.3) is 0 Å². The molecule has 136 valence electrons. The van der Waals surface area contributed by atoms with Crippen LogP contribution in [0.5, 0.6) is 0 Å². The highest BCUT2D eigenvalue weighted by atomic mass is 28.4. The van der Waals surface area contributed by atoms with Crippen LogP contribution >= 0.6 is 0 Å². The number of hydrogen-bond acceptors (Lipinski definition) is 5. The van der Waals surface area contributed by atoms with Crippen LogP contribution in [-0.4, -0.2) is 34.1 Å². The number of nitrogens with one attached hydrogen (secondary N) is 1. The van der Waals surface area contributed by atoms with Gasteiger partial charge in [0.25, 0.3) is 0 Å². The van der Waals surface area contributed by atoms with E-state index in [1.807, 2.05) is 0 Å². The van der Waals surface area contributed by atoms with Crippen molar-refractivity contribution < 1.29 is 13.9 Å². The summed E-state index contributed by atoms with van der Waals surface area (Å²) in [5.41, 5.74) is 3.13. The van der Waals surface area contributed by atoms with Crippen LogP contribution in [0, 0.1) is 0 Å². The molecule has 1 aliphatic rings. The van der Waals surface area contributed by atoms with Crippen molar-refractivity contribution in [2.75, 3.05) is 26.1 Å². The Bertz CT molecular complexity index is 566. The van der Waals surface area contributed by atoms with Crippen molar-refractivity contribution in [3.63, 3.8) is 0 Å². The third-order valence-corrected chi connectivity index (χ3v) is 9.65. The maximum atomic E-state index is 6.42. The first kappa shape index (κ1) is 19.4. The lowest BCUT2D eigenvalue weighted by Gasteiger charge is -2.36. The maximum Gasteiger partial charge on any atom is 0.200 e. The summed E-state index contributed by atoms with van der Waals surface area (Å²) in [5.74, 6) is 0.950. The first-order chi connectivity index (χ1) is 11.2. The molecule has 0 amide bonds. The third-order valence-electron chi connectivity index (χ3n) is 5.18. The standard InChI is InChI=1S/C18H32N2O3Si/c1-18(2,3)24(6,7)23-12-14-11-13-9-8-10-19-16(13)20-15(14)17(21-4)22-5/h11,17H,8-10,12H2,1-7H3,(H,19,20). The number of aromatic nitrogens is 1. The van der Waals surface area contributed by atoms with Crippen molar-refractivity contribution in [3.8, 4) is 0 Å². The van der Waals surface area contributed by atoms with Gasteiger partial charge in [-0.25, -0.2) is 4.98 Å². The van der Waals surface area contributed by atoms with Crippen LogP contribution in [0.2, 0.25) is 18.1 Å². The molecule has 0 aliphatic carbocycles. The van der Waals surface area contributed by atoms with E-state index in [9.17, 15) is 0 Å². The topological polar surface area (TPSA) is 52.6 Å². The molecule has 0 saturated carbocycles. The molecule has 2 rings (SSSR count). The summed E-state index contributed by atoms with van der Waals surface area (Å²) in [4.78, 5) is 4.79. The lowest BCUT2D eigenvalue weighted by atomic mass is 10.0. The molecule has 0 atom stereocenters. The Hall–Kier alpha value is -0.953. The molecule has 6 heteroatoms. The lowest BCUT2D eigenvalue weighted by molar-refractivity contribution is -0.109. The summed E-state index contributed by atoms with van der Waals surface area (Å²) in [6, 6.07) is 2.21. The molecule has 0 bridgehead atoms. The molecule has 1 N–H and O–H groups in total. The molecule has 1 aromatic rings. The van der Waals surface area contributed by atoms with E-state index < -0.39 is 14.6 Å². The summed E-state index contributed by atoms with van der Waals surface area (Å²) in [6.07, 6.45) is 1.71. The second-order valence-corrected chi connectivity index (χ2v) is 12.7. The Labute approximate surface area is 147 Å². The zero-order valence-corrected chi connectivity index (χ0v) is 17.2. The molecule has 0 saturated heterocycles. The van der Waals surface area contributed by atoms with Gasteiger partial charge in [-0.15, -0.1) is 0 Å². The number of ether oxygens (including phenoxy) is 2. The molecular weight excluding hydrogens is 320 g/mol. The Kier molecular flexibility index (Phi) is 6.07. The van der Waals surface area contributed by atoms with E-state index in [0.29, 0.717) is 6.61 Å². The number of nitrogens with zero attached hydrogens (tertiary/aromatic N) is 1. The fourth-order valence-corrected chi connectivity index (χ4v) is 3.51. The number of fused-ring (bicyclic) bond motifs is 1. The first-order valence-electron chi connectivity index (χ1n) is 8.65. The molecule has 2 heterocycles. The third kappa shape index (κ3) is 4.17. The second kappa shape index (κ2) is 7.52. The minimum atomic E-state index is -1.83. The van der Waals surface area contributed by atoms with Gasteiger partial charge in [0.05, 0.1) is 6.61 Å². The molecular formula is C18H32N2O3Si. The van der Waals surface area contributed by atoms with Crippen molar-refractivity contribution in [2.24, 2.45) is 0 Å². The van der Waals surface area contributed by atoms with Crippen molar-refractivity contribution in [1.29, 1.82) is 0 Å². The monoisotopic (exact) mass is 352 g/mol. The predicted molar refractivity (Wildman–Crippen MR) is 99.8 cm³/mol. The van der Waals surface area contributed by atoms with Gasteiger partial charge in [0.15, 0.2) is 8.32 Å². The van der Waals surface area contributed by atoms with Gasteiger partial charge in [-0.1, -0.05) is 20.8 Å². The Morgan fingerprint density at radius 3 is 2.50 bits per heavy atom. The number of methoxy groups -OCH3 is 2. The average molecular weight is 353 g/mol. The van der Waals surface area contributed by atoms with E-state index in [0.717, 1.165) is 36.5 Å². The van der Waals surface area contributed by atoms with Gasteiger partial charge < -0.3 is 19.2 Å². The smallest absolute Gasteiger partial charge is 0.200 e. The largest absolute Gasteiger partial charge is 0.412 e. The second-order valence-electron chi connectivity index (χ2n) is 7.92. The van der Waals surface area contributed by atoms with E-state index in [4.69, 9.17) is 18.9 Å². The van der Waals surface area contributed by atoms with Crippen LogP contribution < -0.4 is 5.32 Å². The fraction of sp³-hybridized carbons (Fsp3) is 0.722. The quantitative estimate of drug-likeness (QED) is 0.612. The Morgan fingerprint density at radius 1 is 1.25 bits per heavy atom. The van der Waals surface area contributed by atoms with Gasteiger partial charge in [-0.3, -0.25) is 0 Å². The van der Waals surface area contributed by atoms with Gasteiger partial charge in [0.1, 0.15) is 11.5 Å². The number of pyridine rings is 1. The highest BCUT2D eigenvalue weighted by Crippen LogP contribution is 2.38. The summed E-state index contributed by atoms with van der Waals surface area (Å²) in [7, 11) is 1.45. The fourth-order valence-electron chi connectivity index (χ4n) is 2.56. The molecule has 0 radical (unpaired) electrons. The van der Waals surface area contributed by atoms with Crippen LogP contribution in [0.15, 0.2) is 6.07 Å². The first-order valence-corrected chi connectivity index (χ1v) is 11.6. The van der Waals surface area contributed by atoms with E-state index in [1.165, 1.54) is 5.56 Å². The highest BCUT2D eigenvalue weighted by Gasteiger charge is 2.37. The van der Waals surface area contributed by atoms with E-state index in [2.05, 4.69) is 45.2 Å². The Morgan fingerprint density at radius 2 is 1.92 bits per heavy atom. The molecule has 1 aliphatic heterocycles. The van der Waals surface area contributed by atoms with Crippen molar-refractivity contribution >= 4 is 14.1 Å². The molecule has 0 fully saturated rings. The molecule has 1 aromatic heterocycles. The highest BCUT2D eigenvalue weighted by molar-refractivity contribution is 6.74. The van der Waals surface area contributed by atoms with Gasteiger partial charge in [0.2, 0.25) is 6.29 Å². The minimum Gasteiger partial charge on any atom is -0.412 e. The maximum absolute atomic E-state index is 6.42. The van der Waals surface area contributed by atoms with E-state index >= 15 is 0 Å². The molecule has 5 nitrogen and oxygen atoms in total. The van der Waals surface area contributed by atoms with Crippen LogP contribution in [0.4, 0.5) is 5.82 Å². The van der Waals surface area contributed by atoms with E-state index in [1.54, 1.807) is 14.2 Å². The van der Waals surface area contributed by atoms with Crippen LogP contribution in [-0.2, 0) is 26.9 Å². The number of rotatable bonds is 6. The molecule has 24 heavy (non-hydrogen) atoms. The minimum absolute atomic E-state index is 0.179. The number of aryl methyl sites for hydroxylation is 1. The Balaban J connectivity index is 2.33. The summed E-state index contributed by atoms with van der Waals surface area (Å²) in [5, 5.41) is 3.55. The van der Waals surface area contributed by atoms with Gasteiger partial charge in [0, 0.05) is 26.3 Å². The average Bonchev–Trinajstić information content (AvgIpc) is 2.53. The van der Waals surface area contributed by atoms with Crippen molar-refractivity contribution in [1.82, 2.24) is 4.98 Å². The molecule has 0 aromatic carbocycles. The zero-order valence-electron chi connectivity index (χ0n) is 16.2. The summed E-state index contributed by atoms with van der Waals surface area (Å²) >= 11 is 0. The lowest BCUT2D eigenvalue weighted by Crippen LogP contribution is -2.40. The summed E-state index contributed by atoms with van der Waals surface area (Å²) < 4.78 is 17.3. The van der Waals surface area contributed by atoms with E-state index in [-0.39, 0.29) is 5.04 Å². The normalized spacial score (nSPS) is 15.3. The van der Waals surface area contributed by atoms with Crippen molar-refractivity contribution in [2.45, 2.75) is 64.6 Å². The predicted octanol–water partition coefficient (Wildman–Crippen LogP) is 4.25. The van der Waals surface area contributed by atoms with Gasteiger partial charge >= 0.3 is 0 Å². The van der Waals surface area contributed by atoms with Gasteiger partial charge in [-0.05, 0) is 42.6 Å². The van der Waals surface area contributed by atoms with Crippen LogP contribution in [0.3, 0.4) is 0 Å².